The Hall–Kier alpha value is -2.12. The summed E-state index contributed by atoms with van der Waals surface area (Å²) in [6.45, 7) is 8.49. The predicted molar refractivity (Wildman–Crippen MR) is 101 cm³/mol. The molecular formula is C19H32N4O4. The van der Waals surface area contributed by atoms with Crippen LogP contribution in [0.3, 0.4) is 0 Å². The van der Waals surface area contributed by atoms with Crippen LogP contribution in [-0.2, 0) is 14.4 Å². The average Bonchev–Trinajstić information content (AvgIpc) is 3.19. The minimum atomic E-state index is -0.519. The number of amides is 4. The topological polar surface area (TPSA) is 98.8 Å². The highest BCUT2D eigenvalue weighted by molar-refractivity contribution is 5.97. The van der Waals surface area contributed by atoms with Gasteiger partial charge in [-0.1, -0.05) is 13.8 Å². The molecule has 2 rings (SSSR count). The van der Waals surface area contributed by atoms with Gasteiger partial charge in [-0.3, -0.25) is 14.4 Å². The second kappa shape index (κ2) is 9.19. The van der Waals surface area contributed by atoms with E-state index in [9.17, 15) is 19.2 Å². The molecule has 2 heterocycles. The Morgan fingerprint density at radius 1 is 1.22 bits per heavy atom. The molecule has 0 bridgehead atoms. The fourth-order valence-electron chi connectivity index (χ4n) is 3.70. The largest absolute Gasteiger partial charge is 0.356 e. The maximum absolute atomic E-state index is 12.6. The highest BCUT2D eigenvalue weighted by Gasteiger charge is 2.51. The molecule has 27 heavy (non-hydrogen) atoms. The van der Waals surface area contributed by atoms with Gasteiger partial charge in [-0.05, 0) is 32.1 Å². The molecule has 0 aromatic heterocycles. The maximum Gasteiger partial charge on any atom is 0.318 e. The second-order valence-corrected chi connectivity index (χ2v) is 7.82. The minimum Gasteiger partial charge on any atom is -0.356 e. The standard InChI is InChI=1S/C19H32N4O4/c1-5-13(3)21-19(27)22-9-8-15-18(22)16(25)11-23(15)17(26)7-6-12(2)10-20-14(4)24/h12-13,15,18H,5-11H2,1-4H3,(H,20,24)(H,21,27)/t12?,13?,15-,18+/m1/s1. The van der Waals surface area contributed by atoms with E-state index < -0.39 is 6.04 Å². The number of rotatable bonds is 7. The first-order valence-electron chi connectivity index (χ1n) is 9.88. The molecule has 2 aliphatic rings. The molecule has 8 heteroatoms. The Balaban J connectivity index is 1.90. The van der Waals surface area contributed by atoms with E-state index in [1.807, 2.05) is 20.8 Å². The van der Waals surface area contributed by atoms with Crippen molar-refractivity contribution < 1.29 is 19.2 Å². The van der Waals surface area contributed by atoms with Gasteiger partial charge in [0, 0.05) is 32.5 Å². The van der Waals surface area contributed by atoms with E-state index in [2.05, 4.69) is 10.6 Å². The van der Waals surface area contributed by atoms with Crippen LogP contribution in [0.25, 0.3) is 0 Å². The van der Waals surface area contributed by atoms with Crippen molar-refractivity contribution in [3.63, 3.8) is 0 Å². The SMILES string of the molecule is CCC(C)NC(=O)N1CC[C@@H]2[C@H]1C(=O)CN2C(=O)CCC(C)CNC(C)=O. The van der Waals surface area contributed by atoms with E-state index in [-0.39, 0.29) is 48.2 Å². The van der Waals surface area contributed by atoms with Gasteiger partial charge in [0.1, 0.15) is 6.04 Å². The lowest BCUT2D eigenvalue weighted by atomic mass is 10.0. The third-order valence-electron chi connectivity index (χ3n) is 5.54. The van der Waals surface area contributed by atoms with Crippen molar-refractivity contribution in [1.82, 2.24) is 20.4 Å². The molecule has 2 N–H and O–H groups in total. The monoisotopic (exact) mass is 380 g/mol. The zero-order valence-electron chi connectivity index (χ0n) is 16.8. The van der Waals surface area contributed by atoms with E-state index in [1.165, 1.54) is 6.92 Å². The van der Waals surface area contributed by atoms with Gasteiger partial charge in [0.25, 0.3) is 0 Å². The van der Waals surface area contributed by atoms with Gasteiger partial charge in [-0.2, -0.15) is 0 Å². The summed E-state index contributed by atoms with van der Waals surface area (Å²) in [5.74, 6) is 0.00219. The lowest BCUT2D eigenvalue weighted by Crippen LogP contribution is -2.49. The molecule has 0 radical (unpaired) electrons. The summed E-state index contributed by atoms with van der Waals surface area (Å²) in [7, 11) is 0. The van der Waals surface area contributed by atoms with Crippen molar-refractivity contribution in [3.8, 4) is 0 Å². The van der Waals surface area contributed by atoms with Crippen molar-refractivity contribution in [3.05, 3.63) is 0 Å². The second-order valence-electron chi connectivity index (χ2n) is 7.82. The Labute approximate surface area is 161 Å². The van der Waals surface area contributed by atoms with Crippen LogP contribution >= 0.6 is 0 Å². The molecule has 0 saturated carbocycles. The highest BCUT2D eigenvalue weighted by atomic mass is 16.2. The van der Waals surface area contributed by atoms with Crippen LogP contribution in [0.1, 0.15) is 53.4 Å². The number of hydrogen-bond acceptors (Lipinski definition) is 4. The summed E-state index contributed by atoms with van der Waals surface area (Å²) in [6.07, 6.45) is 2.45. The molecule has 4 atom stereocenters. The van der Waals surface area contributed by atoms with Crippen LogP contribution < -0.4 is 10.6 Å². The highest BCUT2D eigenvalue weighted by Crippen LogP contribution is 2.30. The number of nitrogens with zero attached hydrogens (tertiary/aromatic N) is 2. The number of hydrogen-bond donors (Lipinski definition) is 2. The summed E-state index contributed by atoms with van der Waals surface area (Å²) in [5, 5.41) is 5.66. The van der Waals surface area contributed by atoms with Gasteiger partial charge >= 0.3 is 6.03 Å². The predicted octanol–water partition coefficient (Wildman–Crippen LogP) is 0.901. The zero-order valence-corrected chi connectivity index (χ0v) is 16.8. The minimum absolute atomic E-state index is 0.0466. The van der Waals surface area contributed by atoms with E-state index in [4.69, 9.17) is 0 Å². The third kappa shape index (κ3) is 5.20. The van der Waals surface area contributed by atoms with Crippen LogP contribution in [0.15, 0.2) is 0 Å². The normalized spacial score (nSPS) is 23.8. The number of Topliss-reactive ketones (excluding diaryl/α,β-unsaturated/α-hetero) is 1. The number of likely N-dealkylation sites (tertiary alicyclic amines) is 2. The molecule has 0 aliphatic carbocycles. The number of ketones is 1. The number of carbonyl (C=O) groups is 4. The molecule has 0 aromatic rings. The van der Waals surface area contributed by atoms with Gasteiger partial charge in [0.15, 0.2) is 5.78 Å². The summed E-state index contributed by atoms with van der Waals surface area (Å²) in [5.41, 5.74) is 0. The first-order valence-corrected chi connectivity index (χ1v) is 9.88. The third-order valence-corrected chi connectivity index (χ3v) is 5.54. The van der Waals surface area contributed by atoms with Crippen molar-refractivity contribution >= 4 is 23.6 Å². The van der Waals surface area contributed by atoms with Gasteiger partial charge in [0.2, 0.25) is 11.8 Å². The van der Waals surface area contributed by atoms with Crippen LogP contribution in [-0.4, -0.2) is 71.2 Å². The van der Waals surface area contributed by atoms with E-state index in [1.54, 1.807) is 9.80 Å². The molecular weight excluding hydrogens is 348 g/mol. The molecule has 2 fully saturated rings. The lowest BCUT2D eigenvalue weighted by Gasteiger charge is -2.26. The zero-order chi connectivity index (χ0) is 20.1. The number of urea groups is 1. The Kier molecular flexibility index (Phi) is 7.21. The van der Waals surface area contributed by atoms with Crippen molar-refractivity contribution in [2.24, 2.45) is 5.92 Å². The van der Waals surface area contributed by atoms with E-state index >= 15 is 0 Å². The van der Waals surface area contributed by atoms with Gasteiger partial charge < -0.3 is 20.4 Å². The number of carbonyl (C=O) groups excluding carboxylic acids is 4. The summed E-state index contributed by atoms with van der Waals surface area (Å²) >= 11 is 0. The smallest absolute Gasteiger partial charge is 0.318 e. The molecule has 4 amide bonds. The van der Waals surface area contributed by atoms with Crippen LogP contribution in [0.4, 0.5) is 4.79 Å². The lowest BCUT2D eigenvalue weighted by molar-refractivity contribution is -0.133. The average molecular weight is 380 g/mol. The van der Waals surface area contributed by atoms with Crippen molar-refractivity contribution in [1.29, 1.82) is 0 Å². The fraction of sp³-hybridized carbons (Fsp3) is 0.789. The molecule has 8 nitrogen and oxygen atoms in total. The number of fused-ring (bicyclic) bond motifs is 1. The first-order chi connectivity index (χ1) is 12.7. The molecule has 2 saturated heterocycles. The maximum atomic E-state index is 12.6. The van der Waals surface area contributed by atoms with Crippen LogP contribution in [0.2, 0.25) is 0 Å². The summed E-state index contributed by atoms with van der Waals surface area (Å²) in [6, 6.07) is -0.896. The number of nitrogens with one attached hydrogen (secondary N) is 2. The van der Waals surface area contributed by atoms with Gasteiger partial charge in [-0.25, -0.2) is 4.79 Å². The molecule has 0 spiro atoms. The van der Waals surface area contributed by atoms with Gasteiger partial charge in [0.05, 0.1) is 12.6 Å². The van der Waals surface area contributed by atoms with Crippen molar-refractivity contribution in [2.75, 3.05) is 19.6 Å². The summed E-state index contributed by atoms with van der Waals surface area (Å²) < 4.78 is 0. The van der Waals surface area contributed by atoms with Crippen LogP contribution in [0, 0.1) is 5.92 Å². The van der Waals surface area contributed by atoms with E-state index in [0.29, 0.717) is 32.4 Å². The van der Waals surface area contributed by atoms with E-state index in [0.717, 1.165) is 6.42 Å². The summed E-state index contributed by atoms with van der Waals surface area (Å²) in [4.78, 5) is 51.8. The van der Waals surface area contributed by atoms with Gasteiger partial charge in [-0.15, -0.1) is 0 Å². The molecule has 152 valence electrons. The van der Waals surface area contributed by atoms with Crippen molar-refractivity contribution in [2.45, 2.75) is 71.5 Å². The molecule has 2 aliphatic heterocycles. The quantitative estimate of drug-likeness (QED) is 0.685. The molecule has 2 unspecified atom stereocenters. The molecule has 0 aromatic carbocycles. The Bertz CT molecular complexity index is 594. The van der Waals surface area contributed by atoms with Crippen LogP contribution in [0.5, 0.6) is 0 Å². The first kappa shape index (κ1) is 21.2. The Morgan fingerprint density at radius 2 is 1.93 bits per heavy atom. The fourth-order valence-corrected chi connectivity index (χ4v) is 3.70. The Morgan fingerprint density at radius 3 is 2.56 bits per heavy atom.